The zero-order valence-electron chi connectivity index (χ0n) is 10.3. The lowest BCUT2D eigenvalue weighted by Crippen LogP contribution is -2.41. The Balaban J connectivity index is 2.99. The van der Waals surface area contributed by atoms with Crippen molar-refractivity contribution in [3.8, 4) is 0 Å². The Bertz CT molecular complexity index is 415. The summed E-state index contributed by atoms with van der Waals surface area (Å²) >= 11 is 0. The number of alkyl halides is 3. The molecule has 7 heteroatoms. The van der Waals surface area contributed by atoms with Crippen molar-refractivity contribution in [3.63, 3.8) is 0 Å². The summed E-state index contributed by atoms with van der Waals surface area (Å²) in [6.07, 6.45) is -3.27. The first kappa shape index (κ1) is 15.1. The van der Waals surface area contributed by atoms with Gasteiger partial charge in [-0.25, -0.2) is 8.93 Å². The minimum atomic E-state index is -4.55. The summed E-state index contributed by atoms with van der Waals surface area (Å²) in [5.74, 6) is 0. The van der Waals surface area contributed by atoms with Gasteiger partial charge in [-0.2, -0.15) is 13.2 Å². The SMILES string of the molecule is CC(C)(C)S(=O)N[C@@H](c1ccccn1)C(F)(F)F. The fraction of sp³-hybridized carbons (Fsp3) is 0.545. The molecule has 0 fully saturated rings. The highest BCUT2D eigenvalue weighted by Gasteiger charge is 2.43. The predicted molar refractivity (Wildman–Crippen MR) is 64.1 cm³/mol. The van der Waals surface area contributed by atoms with Crippen molar-refractivity contribution in [1.82, 2.24) is 9.71 Å². The summed E-state index contributed by atoms with van der Waals surface area (Å²) < 4.78 is 51.8. The number of nitrogens with zero attached hydrogens (tertiary/aromatic N) is 1. The molecular formula is C11H15F3N2OS. The molecule has 0 spiro atoms. The topological polar surface area (TPSA) is 42.0 Å². The number of nitrogens with one attached hydrogen (secondary N) is 1. The molecule has 0 bridgehead atoms. The van der Waals surface area contributed by atoms with E-state index in [0.29, 0.717) is 0 Å². The van der Waals surface area contributed by atoms with E-state index in [4.69, 9.17) is 0 Å². The normalized spacial score (nSPS) is 16.3. The molecule has 0 aliphatic carbocycles. The molecule has 0 saturated carbocycles. The van der Waals surface area contributed by atoms with E-state index in [2.05, 4.69) is 9.71 Å². The third-order valence-electron chi connectivity index (χ3n) is 2.09. The summed E-state index contributed by atoms with van der Waals surface area (Å²) in [6.45, 7) is 4.80. The molecule has 2 atom stereocenters. The van der Waals surface area contributed by atoms with Crippen LogP contribution in [0.15, 0.2) is 24.4 Å². The van der Waals surface area contributed by atoms with Crippen molar-refractivity contribution in [2.24, 2.45) is 0 Å². The Kier molecular flexibility index (Phi) is 4.50. The maximum Gasteiger partial charge on any atom is 0.410 e. The number of pyridine rings is 1. The average molecular weight is 280 g/mol. The Morgan fingerprint density at radius 1 is 1.28 bits per heavy atom. The molecule has 1 unspecified atom stereocenters. The van der Waals surface area contributed by atoms with Gasteiger partial charge in [0.25, 0.3) is 0 Å². The first-order valence-electron chi connectivity index (χ1n) is 5.28. The van der Waals surface area contributed by atoms with Crippen LogP contribution in [-0.4, -0.2) is 20.1 Å². The quantitative estimate of drug-likeness (QED) is 0.925. The third kappa shape index (κ3) is 4.06. The molecule has 1 N–H and O–H groups in total. The molecule has 18 heavy (non-hydrogen) atoms. The van der Waals surface area contributed by atoms with Crippen molar-refractivity contribution in [2.75, 3.05) is 0 Å². The van der Waals surface area contributed by atoms with Crippen LogP contribution in [0.4, 0.5) is 13.2 Å². The summed E-state index contributed by atoms with van der Waals surface area (Å²) in [4.78, 5) is 3.66. The fourth-order valence-electron chi connectivity index (χ4n) is 1.13. The van der Waals surface area contributed by atoms with Crippen LogP contribution in [0.1, 0.15) is 32.5 Å². The van der Waals surface area contributed by atoms with Crippen LogP contribution < -0.4 is 4.72 Å². The van der Waals surface area contributed by atoms with Gasteiger partial charge in [-0.1, -0.05) is 6.07 Å². The van der Waals surface area contributed by atoms with Crippen molar-refractivity contribution in [1.29, 1.82) is 0 Å². The van der Waals surface area contributed by atoms with E-state index in [-0.39, 0.29) is 5.69 Å². The monoisotopic (exact) mass is 280 g/mol. The molecule has 3 nitrogen and oxygen atoms in total. The van der Waals surface area contributed by atoms with Gasteiger partial charge in [0.05, 0.1) is 21.4 Å². The van der Waals surface area contributed by atoms with Gasteiger partial charge < -0.3 is 0 Å². The van der Waals surface area contributed by atoms with Gasteiger partial charge in [-0.15, -0.1) is 0 Å². The summed E-state index contributed by atoms with van der Waals surface area (Å²) in [6, 6.07) is 2.21. The van der Waals surface area contributed by atoms with Gasteiger partial charge in [0.15, 0.2) is 6.04 Å². The van der Waals surface area contributed by atoms with E-state index >= 15 is 0 Å². The molecule has 1 heterocycles. The van der Waals surface area contributed by atoms with Gasteiger partial charge >= 0.3 is 6.18 Å². The maximum atomic E-state index is 12.9. The molecule has 0 radical (unpaired) electrons. The smallest absolute Gasteiger partial charge is 0.259 e. The summed E-state index contributed by atoms with van der Waals surface area (Å²) in [7, 11) is -1.82. The molecule has 102 valence electrons. The summed E-state index contributed by atoms with van der Waals surface area (Å²) in [5.41, 5.74) is -0.192. The van der Waals surface area contributed by atoms with Gasteiger partial charge in [0.1, 0.15) is 0 Å². The molecule has 0 aromatic carbocycles. The van der Waals surface area contributed by atoms with Crippen molar-refractivity contribution >= 4 is 11.0 Å². The lowest BCUT2D eigenvalue weighted by molar-refractivity contribution is -0.153. The second-order valence-corrected chi connectivity index (χ2v) is 6.73. The van der Waals surface area contributed by atoms with E-state index in [1.807, 2.05) is 0 Å². The van der Waals surface area contributed by atoms with Crippen LogP contribution >= 0.6 is 0 Å². The van der Waals surface area contributed by atoms with Crippen LogP contribution in [0, 0.1) is 0 Å². The minimum Gasteiger partial charge on any atom is -0.259 e. The lowest BCUT2D eigenvalue weighted by atomic mass is 10.2. The standard InChI is InChI=1S/C11H15F3N2OS/c1-10(2,3)18(17)16-9(11(12,13)14)8-6-4-5-7-15-8/h4-7,9,16H,1-3H3/t9-,18?/m0/s1. The Labute approximate surface area is 106 Å². The van der Waals surface area contributed by atoms with Gasteiger partial charge in [0, 0.05) is 6.20 Å². The maximum absolute atomic E-state index is 12.9. The van der Waals surface area contributed by atoms with Crippen LogP contribution in [0.2, 0.25) is 0 Å². The molecule has 1 aromatic heterocycles. The van der Waals surface area contributed by atoms with E-state index in [0.717, 1.165) is 0 Å². The molecule has 0 aliphatic heterocycles. The fourth-order valence-corrected chi connectivity index (χ4v) is 1.95. The number of aromatic nitrogens is 1. The zero-order chi connectivity index (χ0) is 14.0. The molecule has 0 amide bonds. The predicted octanol–water partition coefficient (Wildman–Crippen LogP) is 2.74. The second kappa shape index (κ2) is 5.36. The molecule has 1 aromatic rings. The van der Waals surface area contributed by atoms with E-state index < -0.39 is 28.0 Å². The first-order chi connectivity index (χ1) is 8.12. The van der Waals surface area contributed by atoms with Crippen LogP contribution in [0.25, 0.3) is 0 Å². The molecular weight excluding hydrogens is 265 g/mol. The molecule has 0 aliphatic rings. The van der Waals surface area contributed by atoms with Crippen molar-refractivity contribution in [2.45, 2.75) is 37.7 Å². The Hall–Kier alpha value is -0.950. The average Bonchev–Trinajstić information content (AvgIpc) is 2.23. The van der Waals surface area contributed by atoms with Crippen LogP contribution in [0.5, 0.6) is 0 Å². The van der Waals surface area contributed by atoms with E-state index in [1.54, 1.807) is 20.8 Å². The zero-order valence-corrected chi connectivity index (χ0v) is 11.1. The van der Waals surface area contributed by atoms with Gasteiger partial charge in [0.2, 0.25) is 0 Å². The van der Waals surface area contributed by atoms with Crippen molar-refractivity contribution in [3.05, 3.63) is 30.1 Å². The van der Waals surface area contributed by atoms with Gasteiger partial charge in [-0.05, 0) is 32.9 Å². The first-order valence-corrected chi connectivity index (χ1v) is 6.43. The lowest BCUT2D eigenvalue weighted by Gasteiger charge is -2.25. The second-order valence-electron chi connectivity index (χ2n) is 4.73. The van der Waals surface area contributed by atoms with E-state index in [9.17, 15) is 17.4 Å². The number of hydrogen-bond acceptors (Lipinski definition) is 2. The van der Waals surface area contributed by atoms with Crippen LogP contribution in [-0.2, 0) is 11.0 Å². The number of halogens is 3. The highest BCUT2D eigenvalue weighted by atomic mass is 32.2. The van der Waals surface area contributed by atoms with Crippen molar-refractivity contribution < 1.29 is 17.4 Å². The number of rotatable bonds is 3. The Morgan fingerprint density at radius 2 is 1.89 bits per heavy atom. The summed E-state index contributed by atoms with van der Waals surface area (Å²) in [5, 5.41) is 0. The largest absolute Gasteiger partial charge is 0.410 e. The van der Waals surface area contributed by atoms with Crippen LogP contribution in [0.3, 0.4) is 0 Å². The van der Waals surface area contributed by atoms with E-state index in [1.165, 1.54) is 24.4 Å². The molecule has 1 rings (SSSR count). The number of hydrogen-bond donors (Lipinski definition) is 1. The van der Waals surface area contributed by atoms with Gasteiger partial charge in [-0.3, -0.25) is 4.98 Å². The molecule has 0 saturated heterocycles. The minimum absolute atomic E-state index is 0.192. The highest BCUT2D eigenvalue weighted by Crippen LogP contribution is 2.32. The highest BCUT2D eigenvalue weighted by molar-refractivity contribution is 7.84. The Morgan fingerprint density at radius 3 is 2.28 bits per heavy atom. The third-order valence-corrected chi connectivity index (χ3v) is 3.65.